The predicted molar refractivity (Wildman–Crippen MR) is 83.8 cm³/mol. The summed E-state index contributed by atoms with van der Waals surface area (Å²) in [5, 5.41) is 2.54. The van der Waals surface area contributed by atoms with Crippen molar-refractivity contribution in [2.75, 3.05) is 5.32 Å². The molecular formula is C17H18BrF2NO. The van der Waals surface area contributed by atoms with Crippen LogP contribution in [0.4, 0.5) is 14.5 Å². The molecule has 4 bridgehead atoms. The fourth-order valence-electron chi connectivity index (χ4n) is 5.28. The summed E-state index contributed by atoms with van der Waals surface area (Å²) in [7, 11) is 0. The van der Waals surface area contributed by atoms with Crippen LogP contribution in [0.3, 0.4) is 0 Å². The third-order valence-electron chi connectivity index (χ3n) is 5.67. The molecule has 1 aromatic carbocycles. The molecule has 2 nitrogen and oxygen atoms in total. The van der Waals surface area contributed by atoms with Gasteiger partial charge in [-0.05, 0) is 62.5 Å². The first-order valence-electron chi connectivity index (χ1n) is 7.84. The third kappa shape index (κ3) is 2.20. The topological polar surface area (TPSA) is 29.1 Å². The number of rotatable bonds is 2. The van der Waals surface area contributed by atoms with E-state index in [4.69, 9.17) is 0 Å². The van der Waals surface area contributed by atoms with Crippen LogP contribution in [0.2, 0.25) is 0 Å². The molecule has 1 N–H and O–H groups in total. The lowest BCUT2D eigenvalue weighted by Gasteiger charge is -2.59. The van der Waals surface area contributed by atoms with Gasteiger partial charge in [0.15, 0.2) is 0 Å². The minimum Gasteiger partial charge on any atom is -0.321 e. The Morgan fingerprint density at radius 2 is 1.73 bits per heavy atom. The Balaban J connectivity index is 1.63. The second-order valence-electron chi connectivity index (χ2n) is 7.44. The first kappa shape index (κ1) is 14.6. The van der Waals surface area contributed by atoms with E-state index in [9.17, 15) is 13.6 Å². The summed E-state index contributed by atoms with van der Waals surface area (Å²) in [5.74, 6) is -0.540. The lowest BCUT2D eigenvalue weighted by atomic mass is 9.49. The number of hydrogen-bond acceptors (Lipinski definition) is 1. The molecule has 0 heterocycles. The van der Waals surface area contributed by atoms with E-state index in [2.05, 4.69) is 21.2 Å². The minimum absolute atomic E-state index is 0.0438. The van der Waals surface area contributed by atoms with Crippen LogP contribution in [-0.4, -0.2) is 10.2 Å². The maximum Gasteiger partial charge on any atom is 0.230 e. The molecule has 22 heavy (non-hydrogen) atoms. The molecule has 5 heteroatoms. The van der Waals surface area contributed by atoms with Crippen molar-refractivity contribution in [3.05, 3.63) is 29.8 Å². The van der Waals surface area contributed by atoms with Crippen LogP contribution in [0.25, 0.3) is 0 Å². The zero-order valence-electron chi connectivity index (χ0n) is 12.2. The van der Waals surface area contributed by atoms with Gasteiger partial charge < -0.3 is 5.32 Å². The number of halogens is 3. The molecule has 0 radical (unpaired) electrons. The van der Waals surface area contributed by atoms with Crippen molar-refractivity contribution >= 4 is 27.5 Å². The summed E-state index contributed by atoms with van der Waals surface area (Å²) in [6.45, 7) is 0. The normalized spacial score (nSPS) is 39.0. The number of alkyl halides is 1. The van der Waals surface area contributed by atoms with E-state index < -0.39 is 17.0 Å². The van der Waals surface area contributed by atoms with E-state index in [1.165, 1.54) is 24.6 Å². The Morgan fingerprint density at radius 1 is 1.14 bits per heavy atom. The van der Waals surface area contributed by atoms with Gasteiger partial charge in [-0.25, -0.2) is 8.78 Å². The number of hydrogen-bond donors (Lipinski definition) is 1. The lowest BCUT2D eigenvalue weighted by molar-refractivity contribution is -0.138. The Bertz CT molecular complexity index is 613. The summed E-state index contributed by atoms with van der Waals surface area (Å²) >= 11 is 3.85. The highest BCUT2D eigenvalue weighted by molar-refractivity contribution is 9.10. The molecule has 2 unspecified atom stereocenters. The van der Waals surface area contributed by atoms with Gasteiger partial charge in [0.1, 0.15) is 17.3 Å². The van der Waals surface area contributed by atoms with Crippen LogP contribution in [0.5, 0.6) is 0 Å². The van der Waals surface area contributed by atoms with Crippen LogP contribution in [0, 0.1) is 28.9 Å². The molecule has 5 rings (SSSR count). The van der Waals surface area contributed by atoms with Crippen molar-refractivity contribution in [3.8, 4) is 0 Å². The molecule has 4 aliphatic rings. The molecule has 2 atom stereocenters. The average Bonchev–Trinajstić information content (AvgIpc) is 2.40. The highest BCUT2D eigenvalue weighted by Gasteiger charge is 2.59. The molecule has 118 valence electrons. The molecule has 0 spiro atoms. The molecule has 0 aliphatic heterocycles. The van der Waals surface area contributed by atoms with Gasteiger partial charge in [0.05, 0.1) is 5.41 Å². The third-order valence-corrected chi connectivity index (χ3v) is 6.60. The largest absolute Gasteiger partial charge is 0.321 e. The van der Waals surface area contributed by atoms with E-state index in [0.29, 0.717) is 11.8 Å². The summed E-state index contributed by atoms with van der Waals surface area (Å²) in [4.78, 5) is 12.8. The number of nitrogens with one attached hydrogen (secondary N) is 1. The lowest BCUT2D eigenvalue weighted by Crippen LogP contribution is -2.57. The van der Waals surface area contributed by atoms with E-state index in [1.807, 2.05) is 0 Å². The maximum atomic E-state index is 13.8. The van der Waals surface area contributed by atoms with Gasteiger partial charge in [0.25, 0.3) is 0 Å². The zero-order chi connectivity index (χ0) is 15.5. The fraction of sp³-hybridized carbons (Fsp3) is 0.588. The van der Waals surface area contributed by atoms with E-state index in [-0.39, 0.29) is 15.9 Å². The minimum atomic E-state index is -0.716. The monoisotopic (exact) mass is 369 g/mol. The number of amides is 1. The van der Waals surface area contributed by atoms with Crippen molar-refractivity contribution in [3.63, 3.8) is 0 Å². The maximum absolute atomic E-state index is 13.8. The standard InChI is InChI=1S/C17H18BrF2NO/c18-17-7-10-4-11(8-17)6-16(5-10,9-17)15(22)21-14-12(19)2-1-3-13(14)20/h1-3,10-11H,4-9H2,(H,21,22). The predicted octanol–water partition coefficient (Wildman–Crippen LogP) is 4.64. The zero-order valence-corrected chi connectivity index (χ0v) is 13.8. The van der Waals surface area contributed by atoms with Crippen LogP contribution in [0.1, 0.15) is 38.5 Å². The van der Waals surface area contributed by atoms with Gasteiger partial charge in [0, 0.05) is 4.32 Å². The number of anilines is 1. The molecular weight excluding hydrogens is 352 g/mol. The molecule has 1 aromatic rings. The van der Waals surface area contributed by atoms with E-state index in [0.717, 1.165) is 32.1 Å². The van der Waals surface area contributed by atoms with Gasteiger partial charge in [-0.1, -0.05) is 22.0 Å². The number of benzene rings is 1. The van der Waals surface area contributed by atoms with E-state index >= 15 is 0 Å². The second kappa shape index (κ2) is 4.76. The molecule has 0 aromatic heterocycles. The summed E-state index contributed by atoms with van der Waals surface area (Å²) in [6.07, 6.45) is 5.89. The summed E-state index contributed by atoms with van der Waals surface area (Å²) in [6, 6.07) is 3.65. The van der Waals surface area contributed by atoms with Crippen molar-refractivity contribution in [1.29, 1.82) is 0 Å². The Kier molecular flexibility index (Phi) is 3.16. The number of para-hydroxylation sites is 1. The van der Waals surface area contributed by atoms with Crippen molar-refractivity contribution in [1.82, 2.24) is 0 Å². The van der Waals surface area contributed by atoms with Crippen LogP contribution >= 0.6 is 15.9 Å². The number of carbonyl (C=O) groups excluding carboxylic acids is 1. The smallest absolute Gasteiger partial charge is 0.230 e. The highest BCUT2D eigenvalue weighted by atomic mass is 79.9. The first-order valence-corrected chi connectivity index (χ1v) is 8.63. The van der Waals surface area contributed by atoms with Crippen LogP contribution < -0.4 is 5.32 Å². The molecule has 4 saturated carbocycles. The summed E-state index contributed by atoms with van der Waals surface area (Å²) < 4.78 is 27.6. The van der Waals surface area contributed by atoms with Crippen molar-refractivity contribution in [2.24, 2.45) is 17.3 Å². The van der Waals surface area contributed by atoms with Gasteiger partial charge in [0.2, 0.25) is 5.91 Å². The number of carbonyl (C=O) groups is 1. The van der Waals surface area contributed by atoms with E-state index in [1.54, 1.807) is 0 Å². The molecule has 1 amide bonds. The van der Waals surface area contributed by atoms with Gasteiger partial charge in [-0.3, -0.25) is 4.79 Å². The van der Waals surface area contributed by atoms with Crippen LogP contribution in [0.15, 0.2) is 18.2 Å². The Hall–Kier alpha value is -0.970. The van der Waals surface area contributed by atoms with Gasteiger partial charge in [-0.15, -0.1) is 0 Å². The van der Waals surface area contributed by atoms with Gasteiger partial charge >= 0.3 is 0 Å². The summed E-state index contributed by atoms with van der Waals surface area (Å²) in [5.41, 5.74) is -0.783. The Labute approximate surface area is 136 Å². The van der Waals surface area contributed by atoms with Crippen molar-refractivity contribution < 1.29 is 13.6 Å². The Morgan fingerprint density at radius 3 is 2.27 bits per heavy atom. The van der Waals surface area contributed by atoms with Crippen LogP contribution in [-0.2, 0) is 4.79 Å². The first-order chi connectivity index (χ1) is 10.4. The molecule has 4 aliphatic carbocycles. The highest BCUT2D eigenvalue weighted by Crippen LogP contribution is 2.64. The molecule has 0 saturated heterocycles. The fourth-order valence-corrected chi connectivity index (χ4v) is 6.73. The van der Waals surface area contributed by atoms with Crippen molar-refractivity contribution in [2.45, 2.75) is 42.8 Å². The molecule has 4 fully saturated rings. The SMILES string of the molecule is O=C(Nc1c(F)cccc1F)C12CC3CC(CC(Br)(C3)C1)C2. The van der Waals surface area contributed by atoms with Gasteiger partial charge in [-0.2, -0.15) is 0 Å². The second-order valence-corrected chi connectivity index (χ2v) is 9.13. The quantitative estimate of drug-likeness (QED) is 0.756. The average molecular weight is 370 g/mol.